The van der Waals surface area contributed by atoms with Gasteiger partial charge in [-0.3, -0.25) is 4.79 Å². The van der Waals surface area contributed by atoms with Gasteiger partial charge >= 0.3 is 0 Å². The zero-order valence-electron chi connectivity index (χ0n) is 14.8. The van der Waals surface area contributed by atoms with Crippen molar-refractivity contribution >= 4 is 29.3 Å². The molecule has 0 aliphatic heterocycles. The maximum atomic E-state index is 12.1. The minimum Gasteiger partial charge on any atom is -0.486 e. The first-order chi connectivity index (χ1) is 12.7. The van der Waals surface area contributed by atoms with E-state index in [2.05, 4.69) is 15.5 Å². The van der Waals surface area contributed by atoms with Crippen LogP contribution in [0, 0.1) is 0 Å². The van der Waals surface area contributed by atoms with Gasteiger partial charge in [0.2, 0.25) is 5.91 Å². The highest BCUT2D eigenvalue weighted by atomic mass is 35.5. The van der Waals surface area contributed by atoms with E-state index in [0.717, 1.165) is 36.1 Å². The Labute approximate surface area is 162 Å². The molecule has 1 heterocycles. The van der Waals surface area contributed by atoms with Crippen LogP contribution < -0.4 is 10.1 Å². The lowest BCUT2D eigenvalue weighted by Gasteiger charge is -2.12. The molecule has 1 aromatic carbocycles. The molecule has 3 rings (SSSR count). The standard InChI is InChI=1S/C18H23ClN4O2S/c1-2-23-16(11-25-15-9-7-13(19)8-10-15)21-22-18(23)26-12-17(24)20-14-5-3-4-6-14/h7-10,14H,2-6,11-12H2,1H3,(H,20,24). The number of carbonyl (C=O) groups excluding carboxylic acids is 1. The van der Waals surface area contributed by atoms with Gasteiger partial charge in [-0.1, -0.05) is 36.2 Å². The Morgan fingerprint density at radius 3 is 2.73 bits per heavy atom. The summed E-state index contributed by atoms with van der Waals surface area (Å²) in [6, 6.07) is 7.54. The van der Waals surface area contributed by atoms with Crippen molar-refractivity contribution in [2.75, 3.05) is 5.75 Å². The van der Waals surface area contributed by atoms with E-state index in [4.69, 9.17) is 16.3 Å². The summed E-state index contributed by atoms with van der Waals surface area (Å²) >= 11 is 7.29. The summed E-state index contributed by atoms with van der Waals surface area (Å²) < 4.78 is 7.72. The average molecular weight is 395 g/mol. The van der Waals surface area contributed by atoms with Crippen LogP contribution in [0.25, 0.3) is 0 Å². The maximum Gasteiger partial charge on any atom is 0.230 e. The van der Waals surface area contributed by atoms with E-state index in [1.165, 1.54) is 24.6 Å². The van der Waals surface area contributed by atoms with Gasteiger partial charge in [0.15, 0.2) is 11.0 Å². The van der Waals surface area contributed by atoms with Crippen LogP contribution in [-0.2, 0) is 17.9 Å². The SMILES string of the molecule is CCn1c(COc2ccc(Cl)cc2)nnc1SCC(=O)NC1CCCC1. The zero-order chi connectivity index (χ0) is 18.4. The summed E-state index contributed by atoms with van der Waals surface area (Å²) in [6.45, 7) is 3.06. The third-order valence-corrected chi connectivity index (χ3v) is 5.56. The van der Waals surface area contributed by atoms with Crippen molar-refractivity contribution in [1.82, 2.24) is 20.1 Å². The van der Waals surface area contributed by atoms with Crippen LogP contribution in [0.4, 0.5) is 0 Å². The number of amides is 1. The van der Waals surface area contributed by atoms with E-state index in [1.54, 1.807) is 12.1 Å². The molecule has 0 atom stereocenters. The van der Waals surface area contributed by atoms with E-state index >= 15 is 0 Å². The van der Waals surface area contributed by atoms with Gasteiger partial charge in [0, 0.05) is 17.6 Å². The summed E-state index contributed by atoms with van der Waals surface area (Å²) in [4.78, 5) is 12.1. The number of nitrogens with zero attached hydrogens (tertiary/aromatic N) is 3. The van der Waals surface area contributed by atoms with Gasteiger partial charge in [-0.05, 0) is 44.0 Å². The van der Waals surface area contributed by atoms with Crippen molar-refractivity contribution < 1.29 is 9.53 Å². The Morgan fingerprint density at radius 1 is 1.31 bits per heavy atom. The lowest BCUT2D eigenvalue weighted by Crippen LogP contribution is -2.33. The Bertz CT molecular complexity index is 729. The Hall–Kier alpha value is -1.73. The van der Waals surface area contributed by atoms with Crippen LogP contribution in [0.1, 0.15) is 38.4 Å². The molecule has 6 nitrogen and oxygen atoms in total. The van der Waals surface area contributed by atoms with Gasteiger partial charge in [-0.15, -0.1) is 10.2 Å². The molecule has 1 aromatic heterocycles. The Balaban J connectivity index is 1.53. The molecule has 1 aliphatic carbocycles. The van der Waals surface area contributed by atoms with E-state index in [1.807, 2.05) is 23.6 Å². The number of benzene rings is 1. The molecular weight excluding hydrogens is 372 g/mol. The second kappa shape index (κ2) is 9.28. The summed E-state index contributed by atoms with van der Waals surface area (Å²) in [5.41, 5.74) is 0. The number of aromatic nitrogens is 3. The molecule has 26 heavy (non-hydrogen) atoms. The largest absolute Gasteiger partial charge is 0.486 e. The molecule has 1 fully saturated rings. The summed E-state index contributed by atoms with van der Waals surface area (Å²) in [5.74, 6) is 1.88. The first-order valence-corrected chi connectivity index (χ1v) is 10.2. The fraction of sp³-hybridized carbons (Fsp3) is 0.500. The number of carbonyl (C=O) groups is 1. The van der Waals surface area contributed by atoms with Crippen LogP contribution in [-0.4, -0.2) is 32.5 Å². The molecule has 2 aromatic rings. The smallest absolute Gasteiger partial charge is 0.230 e. The first kappa shape index (κ1) is 19.0. The molecule has 140 valence electrons. The van der Waals surface area contributed by atoms with E-state index < -0.39 is 0 Å². The molecule has 1 amide bonds. The fourth-order valence-corrected chi connectivity index (χ4v) is 3.96. The molecule has 1 saturated carbocycles. The number of nitrogens with one attached hydrogen (secondary N) is 1. The van der Waals surface area contributed by atoms with Crippen molar-refractivity contribution in [3.63, 3.8) is 0 Å². The normalized spacial score (nSPS) is 14.5. The molecule has 8 heteroatoms. The lowest BCUT2D eigenvalue weighted by atomic mass is 10.2. The second-order valence-corrected chi connectivity index (χ2v) is 7.60. The highest BCUT2D eigenvalue weighted by Gasteiger charge is 2.18. The Morgan fingerprint density at radius 2 is 2.04 bits per heavy atom. The third kappa shape index (κ3) is 5.14. The number of halogens is 1. The molecule has 1 N–H and O–H groups in total. The highest BCUT2D eigenvalue weighted by molar-refractivity contribution is 7.99. The van der Waals surface area contributed by atoms with Gasteiger partial charge < -0.3 is 14.6 Å². The molecule has 0 spiro atoms. The van der Waals surface area contributed by atoms with Crippen molar-refractivity contribution in [1.29, 1.82) is 0 Å². The average Bonchev–Trinajstić information content (AvgIpc) is 3.28. The minimum atomic E-state index is 0.0616. The Kier molecular flexibility index (Phi) is 6.80. The zero-order valence-corrected chi connectivity index (χ0v) is 16.4. The topological polar surface area (TPSA) is 69.0 Å². The van der Waals surface area contributed by atoms with Crippen LogP contribution in [0.15, 0.2) is 29.4 Å². The molecular formula is C18H23ClN4O2S. The first-order valence-electron chi connectivity index (χ1n) is 8.88. The lowest BCUT2D eigenvalue weighted by molar-refractivity contribution is -0.119. The summed E-state index contributed by atoms with van der Waals surface area (Å²) in [7, 11) is 0. The minimum absolute atomic E-state index is 0.0616. The van der Waals surface area contributed by atoms with Gasteiger partial charge in [-0.2, -0.15) is 0 Å². The molecule has 1 aliphatic rings. The van der Waals surface area contributed by atoms with Gasteiger partial charge in [-0.25, -0.2) is 0 Å². The van der Waals surface area contributed by atoms with E-state index in [9.17, 15) is 4.79 Å². The van der Waals surface area contributed by atoms with E-state index in [0.29, 0.717) is 23.4 Å². The number of ether oxygens (including phenoxy) is 1. The van der Waals surface area contributed by atoms with E-state index in [-0.39, 0.29) is 5.91 Å². The monoisotopic (exact) mass is 394 g/mol. The van der Waals surface area contributed by atoms with Crippen LogP contribution in [0.5, 0.6) is 5.75 Å². The molecule has 0 bridgehead atoms. The van der Waals surface area contributed by atoms with Crippen molar-refractivity contribution in [2.24, 2.45) is 0 Å². The molecule has 0 unspecified atom stereocenters. The number of thioether (sulfide) groups is 1. The van der Waals surface area contributed by atoms with Gasteiger partial charge in [0.25, 0.3) is 0 Å². The fourth-order valence-electron chi connectivity index (χ4n) is 3.00. The van der Waals surface area contributed by atoms with Crippen molar-refractivity contribution in [3.05, 3.63) is 35.1 Å². The van der Waals surface area contributed by atoms with Crippen molar-refractivity contribution in [3.8, 4) is 5.75 Å². The third-order valence-electron chi connectivity index (χ3n) is 4.34. The quantitative estimate of drug-likeness (QED) is 0.691. The number of hydrogen-bond donors (Lipinski definition) is 1. The van der Waals surface area contributed by atoms with Crippen LogP contribution >= 0.6 is 23.4 Å². The van der Waals surface area contributed by atoms with Gasteiger partial charge in [0.05, 0.1) is 5.75 Å². The number of rotatable bonds is 8. The summed E-state index contributed by atoms with van der Waals surface area (Å²) in [6.07, 6.45) is 4.60. The second-order valence-electron chi connectivity index (χ2n) is 6.22. The molecule has 0 saturated heterocycles. The number of hydrogen-bond acceptors (Lipinski definition) is 5. The van der Waals surface area contributed by atoms with Crippen molar-refractivity contribution in [2.45, 2.75) is 57.0 Å². The predicted molar refractivity (Wildman–Crippen MR) is 103 cm³/mol. The van der Waals surface area contributed by atoms with Gasteiger partial charge in [0.1, 0.15) is 12.4 Å². The van der Waals surface area contributed by atoms with Crippen LogP contribution in [0.3, 0.4) is 0 Å². The molecule has 0 radical (unpaired) electrons. The summed E-state index contributed by atoms with van der Waals surface area (Å²) in [5, 5.41) is 12.9. The highest BCUT2D eigenvalue weighted by Crippen LogP contribution is 2.21. The predicted octanol–water partition coefficient (Wildman–Crippen LogP) is 3.68. The maximum absolute atomic E-state index is 12.1. The van der Waals surface area contributed by atoms with Crippen LogP contribution in [0.2, 0.25) is 5.02 Å².